The molecule has 0 aliphatic carbocycles. The fourth-order valence-electron chi connectivity index (χ4n) is 4.53. The average molecular weight is 539 g/mol. The van der Waals surface area contributed by atoms with Gasteiger partial charge in [-0.1, -0.05) is 17.4 Å². The lowest BCUT2D eigenvalue weighted by atomic mass is 9.95. The summed E-state index contributed by atoms with van der Waals surface area (Å²) >= 11 is 1.22. The van der Waals surface area contributed by atoms with Crippen LogP contribution in [0.3, 0.4) is 0 Å². The zero-order valence-corrected chi connectivity index (χ0v) is 22.3. The number of hydrogen-bond donors (Lipinski definition) is 0. The molecule has 38 heavy (non-hydrogen) atoms. The summed E-state index contributed by atoms with van der Waals surface area (Å²) in [4.78, 5) is 32.0. The molecule has 2 aliphatic heterocycles. The number of methoxy groups -OCH3 is 3. The molecule has 1 aromatic heterocycles. The molecule has 5 rings (SSSR count). The van der Waals surface area contributed by atoms with Gasteiger partial charge < -0.3 is 28.4 Å². The molecule has 0 radical (unpaired) electrons. The van der Waals surface area contributed by atoms with Crippen molar-refractivity contribution < 1.29 is 33.2 Å². The Morgan fingerprint density at radius 2 is 1.82 bits per heavy atom. The van der Waals surface area contributed by atoms with Crippen molar-refractivity contribution >= 4 is 23.4 Å². The number of thiazole rings is 1. The number of esters is 1. The molecule has 10 nitrogen and oxygen atoms in total. The van der Waals surface area contributed by atoms with Crippen molar-refractivity contribution in [2.75, 3.05) is 34.7 Å². The highest BCUT2D eigenvalue weighted by molar-refractivity contribution is 7.07. The minimum Gasteiger partial charge on any atom is -0.493 e. The number of carbonyl (C=O) groups excluding carboxylic acids is 1. The van der Waals surface area contributed by atoms with E-state index in [0.29, 0.717) is 54.9 Å². The molecule has 0 amide bonds. The summed E-state index contributed by atoms with van der Waals surface area (Å²) in [6, 6.07) is 8.10. The summed E-state index contributed by atoms with van der Waals surface area (Å²) in [5.74, 6) is 1.98. The molecule has 0 spiro atoms. The summed E-state index contributed by atoms with van der Waals surface area (Å²) in [5, 5.41) is 0. The van der Waals surface area contributed by atoms with Crippen LogP contribution in [0.5, 0.6) is 28.7 Å². The fraction of sp³-hybridized carbons (Fsp3) is 0.296. The topological polar surface area (TPSA) is 107 Å². The van der Waals surface area contributed by atoms with Crippen LogP contribution in [-0.4, -0.2) is 45.3 Å². The molecule has 1 unspecified atom stereocenters. The molecular weight excluding hydrogens is 512 g/mol. The molecule has 0 N–H and O–H groups in total. The van der Waals surface area contributed by atoms with Gasteiger partial charge in [0.1, 0.15) is 0 Å². The van der Waals surface area contributed by atoms with Gasteiger partial charge in [0, 0.05) is 0 Å². The fourth-order valence-corrected chi connectivity index (χ4v) is 5.57. The Bertz CT molecular complexity index is 1610. The quantitative estimate of drug-likeness (QED) is 0.423. The zero-order chi connectivity index (χ0) is 27.0. The highest BCUT2D eigenvalue weighted by Gasteiger charge is 2.34. The summed E-state index contributed by atoms with van der Waals surface area (Å²) < 4.78 is 34.6. The molecule has 2 aromatic carbocycles. The molecule has 198 valence electrons. The second-order valence-corrected chi connectivity index (χ2v) is 9.38. The summed E-state index contributed by atoms with van der Waals surface area (Å²) in [6.45, 7) is 3.77. The first-order chi connectivity index (χ1) is 18.4. The first kappa shape index (κ1) is 25.4. The maximum absolute atomic E-state index is 13.9. The van der Waals surface area contributed by atoms with E-state index in [4.69, 9.17) is 28.4 Å². The molecule has 0 saturated carbocycles. The van der Waals surface area contributed by atoms with Crippen molar-refractivity contribution in [3.05, 3.63) is 72.4 Å². The van der Waals surface area contributed by atoms with Crippen molar-refractivity contribution in [2.45, 2.75) is 19.9 Å². The first-order valence-corrected chi connectivity index (χ1v) is 12.6. The van der Waals surface area contributed by atoms with E-state index in [2.05, 4.69) is 4.99 Å². The van der Waals surface area contributed by atoms with Crippen LogP contribution in [0, 0.1) is 0 Å². The van der Waals surface area contributed by atoms with Crippen LogP contribution in [0.15, 0.2) is 51.4 Å². The number of fused-ring (bicyclic) bond motifs is 2. The predicted octanol–water partition coefficient (Wildman–Crippen LogP) is 2.55. The molecule has 2 aliphatic rings. The largest absolute Gasteiger partial charge is 0.493 e. The van der Waals surface area contributed by atoms with Gasteiger partial charge in [-0.05, 0) is 55.3 Å². The maximum atomic E-state index is 13.9. The van der Waals surface area contributed by atoms with Gasteiger partial charge in [0.15, 0.2) is 27.8 Å². The van der Waals surface area contributed by atoms with Gasteiger partial charge in [-0.3, -0.25) is 9.36 Å². The Hall–Kier alpha value is -4.25. The standard InChI is InChI=1S/C27H26N2O8S/c1-6-35-26(31)22-14(2)28-27-29(23(22)16-7-8-17-18(12-16)37-13-36-17)25(30)21(38-27)11-15-9-19(32-3)24(34-5)20(10-15)33-4/h7-12,23H,6,13H2,1-5H3/b21-11-. The van der Waals surface area contributed by atoms with E-state index >= 15 is 0 Å². The lowest BCUT2D eigenvalue weighted by Gasteiger charge is -2.24. The molecule has 0 fully saturated rings. The number of benzene rings is 2. The third-order valence-electron chi connectivity index (χ3n) is 6.21. The number of rotatable bonds is 7. The molecule has 1 atom stereocenters. The first-order valence-electron chi connectivity index (χ1n) is 11.8. The zero-order valence-electron chi connectivity index (χ0n) is 21.5. The van der Waals surface area contributed by atoms with E-state index in [9.17, 15) is 9.59 Å². The van der Waals surface area contributed by atoms with Crippen molar-refractivity contribution in [2.24, 2.45) is 4.99 Å². The Balaban J connectivity index is 1.71. The Morgan fingerprint density at radius 3 is 2.47 bits per heavy atom. The second kappa shape index (κ2) is 10.3. The summed E-state index contributed by atoms with van der Waals surface area (Å²) in [7, 11) is 4.58. The number of allylic oxidation sites excluding steroid dienone is 1. The second-order valence-electron chi connectivity index (χ2n) is 8.37. The van der Waals surface area contributed by atoms with Crippen molar-refractivity contribution in [1.29, 1.82) is 0 Å². The monoisotopic (exact) mass is 538 g/mol. The van der Waals surface area contributed by atoms with Crippen LogP contribution in [0.2, 0.25) is 0 Å². The van der Waals surface area contributed by atoms with Crippen LogP contribution in [0.1, 0.15) is 31.0 Å². The molecular formula is C27H26N2O8S. The van der Waals surface area contributed by atoms with Gasteiger partial charge in [-0.2, -0.15) is 0 Å². The van der Waals surface area contributed by atoms with E-state index in [-0.39, 0.29) is 24.5 Å². The van der Waals surface area contributed by atoms with Crippen LogP contribution in [0.25, 0.3) is 6.08 Å². The highest BCUT2D eigenvalue weighted by atomic mass is 32.1. The molecule has 11 heteroatoms. The Morgan fingerprint density at radius 1 is 1.11 bits per heavy atom. The summed E-state index contributed by atoms with van der Waals surface area (Å²) in [6.07, 6.45) is 1.73. The minimum absolute atomic E-state index is 0.107. The van der Waals surface area contributed by atoms with Crippen LogP contribution >= 0.6 is 11.3 Å². The van der Waals surface area contributed by atoms with E-state index in [1.807, 2.05) is 6.07 Å². The summed E-state index contributed by atoms with van der Waals surface area (Å²) in [5.41, 5.74) is 1.81. The van der Waals surface area contributed by atoms with Crippen molar-refractivity contribution in [3.8, 4) is 28.7 Å². The number of aromatic nitrogens is 1. The predicted molar refractivity (Wildman–Crippen MR) is 139 cm³/mol. The number of ether oxygens (including phenoxy) is 6. The van der Waals surface area contributed by atoms with Gasteiger partial charge in [-0.25, -0.2) is 9.79 Å². The molecule has 0 saturated heterocycles. The third kappa shape index (κ3) is 4.28. The van der Waals surface area contributed by atoms with Crippen LogP contribution in [0.4, 0.5) is 0 Å². The SMILES string of the molecule is CCOC(=O)C1=C(C)N=c2s/c(=C\c3cc(OC)c(OC)c(OC)c3)c(=O)n2C1c1ccc2c(c1)OCO2. The normalized spacial score (nSPS) is 16.1. The number of nitrogens with zero attached hydrogens (tertiary/aromatic N) is 2. The third-order valence-corrected chi connectivity index (χ3v) is 7.20. The number of carbonyl (C=O) groups is 1. The smallest absolute Gasteiger partial charge is 0.338 e. The minimum atomic E-state index is -0.762. The van der Waals surface area contributed by atoms with Gasteiger partial charge >= 0.3 is 5.97 Å². The van der Waals surface area contributed by atoms with Gasteiger partial charge in [0.05, 0.1) is 49.8 Å². The Kier molecular flexibility index (Phi) is 6.85. The lowest BCUT2D eigenvalue weighted by molar-refractivity contribution is -0.139. The van der Waals surface area contributed by atoms with Crippen LogP contribution in [-0.2, 0) is 9.53 Å². The van der Waals surface area contributed by atoms with Crippen molar-refractivity contribution in [3.63, 3.8) is 0 Å². The van der Waals surface area contributed by atoms with E-state index in [1.165, 1.54) is 37.2 Å². The molecule has 3 heterocycles. The van der Waals surface area contributed by atoms with Crippen molar-refractivity contribution in [1.82, 2.24) is 4.57 Å². The van der Waals surface area contributed by atoms with E-state index < -0.39 is 12.0 Å². The van der Waals surface area contributed by atoms with E-state index in [1.54, 1.807) is 44.2 Å². The molecule has 3 aromatic rings. The van der Waals surface area contributed by atoms with E-state index in [0.717, 1.165) is 0 Å². The Labute approximate surface area is 222 Å². The van der Waals surface area contributed by atoms with Gasteiger partial charge in [-0.15, -0.1) is 0 Å². The average Bonchev–Trinajstić information content (AvgIpc) is 3.50. The highest BCUT2D eigenvalue weighted by Crippen LogP contribution is 2.39. The van der Waals surface area contributed by atoms with Crippen LogP contribution < -0.4 is 38.6 Å². The van der Waals surface area contributed by atoms with Gasteiger partial charge in [0.25, 0.3) is 5.56 Å². The van der Waals surface area contributed by atoms with Gasteiger partial charge in [0.2, 0.25) is 12.5 Å². The number of hydrogen-bond acceptors (Lipinski definition) is 10. The maximum Gasteiger partial charge on any atom is 0.338 e. The lowest BCUT2D eigenvalue weighted by Crippen LogP contribution is -2.39. The molecule has 0 bridgehead atoms.